The second-order valence-corrected chi connectivity index (χ2v) is 17.1. The summed E-state index contributed by atoms with van der Waals surface area (Å²) in [7, 11) is 0. The van der Waals surface area contributed by atoms with Crippen molar-refractivity contribution in [1.29, 1.82) is 0 Å². The average Bonchev–Trinajstić information content (AvgIpc) is 3.27. The second-order valence-electron chi connectivity index (χ2n) is 17.1. The highest BCUT2D eigenvalue weighted by atomic mass is 16.7. The molecule has 0 aromatic heterocycles. The molecular weight excluding hydrogens is 572 g/mol. The third-order valence-electron chi connectivity index (χ3n) is 14.5. The molecule has 45 heavy (non-hydrogen) atoms. The normalized spacial score (nSPS) is 47.6. The van der Waals surface area contributed by atoms with Crippen molar-refractivity contribution in [2.75, 3.05) is 13.2 Å². The van der Waals surface area contributed by atoms with Crippen molar-refractivity contribution in [2.24, 2.45) is 39.4 Å². The first kappa shape index (κ1) is 35.5. The molecule has 0 aromatic carbocycles. The zero-order valence-electron chi connectivity index (χ0n) is 28.9. The van der Waals surface area contributed by atoms with Crippen molar-refractivity contribution in [3.63, 3.8) is 0 Å². The zero-order chi connectivity index (χ0) is 33.3. The third-order valence-corrected chi connectivity index (χ3v) is 14.5. The lowest BCUT2D eigenvalue weighted by molar-refractivity contribution is -0.328. The zero-order valence-corrected chi connectivity index (χ0v) is 28.9. The molecule has 4 aliphatic carbocycles. The van der Waals surface area contributed by atoms with Crippen molar-refractivity contribution >= 4 is 0 Å². The molecule has 0 unspecified atom stereocenters. The van der Waals surface area contributed by atoms with Gasteiger partial charge in [0.2, 0.25) is 0 Å². The van der Waals surface area contributed by atoms with Crippen LogP contribution in [0.25, 0.3) is 0 Å². The molecule has 0 aromatic rings. The molecule has 3 fully saturated rings. The van der Waals surface area contributed by atoms with Crippen molar-refractivity contribution in [2.45, 2.75) is 155 Å². The van der Waals surface area contributed by atoms with Crippen LogP contribution >= 0.6 is 0 Å². The third kappa shape index (κ3) is 5.51. The largest absolute Gasteiger partial charge is 0.396 e. The Kier molecular flexibility index (Phi) is 9.65. The second kappa shape index (κ2) is 12.2. The maximum absolute atomic E-state index is 11.0. The standard InChI is InChI=1S/C37H62O8/c1-21(9-10-22(2)33(3,4)43)23-13-17-37(8)25-11-12-27-34(5,24(25)14-18-36(23,37)7)16-15-28(35(27,6)20-39)45-32-31(42)30(41)29(40)26(19-38)44-32/h21,23,26-32,38-43H,2,9-20H2,1,3-8H3/t21-,23-,26-,27-,28+,29-,30+,31-,32+,34+,35+,36-,37+/m1/s1. The Morgan fingerprint density at radius 1 is 0.956 bits per heavy atom. The van der Waals surface area contributed by atoms with E-state index in [1.807, 2.05) is 13.8 Å². The van der Waals surface area contributed by atoms with E-state index in [1.165, 1.54) is 12.8 Å². The van der Waals surface area contributed by atoms with Gasteiger partial charge in [0.1, 0.15) is 24.4 Å². The van der Waals surface area contributed by atoms with Gasteiger partial charge in [-0.2, -0.15) is 0 Å². The van der Waals surface area contributed by atoms with Crippen LogP contribution in [0.4, 0.5) is 0 Å². The average molecular weight is 635 g/mol. The Hall–Kier alpha value is -0.840. The lowest BCUT2D eigenvalue weighted by atomic mass is 9.43. The molecule has 0 spiro atoms. The highest BCUT2D eigenvalue weighted by Crippen LogP contribution is 2.72. The van der Waals surface area contributed by atoms with Gasteiger partial charge in [-0.05, 0) is 118 Å². The number of ether oxygens (including phenoxy) is 2. The first-order valence-corrected chi connectivity index (χ1v) is 17.6. The minimum atomic E-state index is -1.49. The predicted molar refractivity (Wildman–Crippen MR) is 173 cm³/mol. The highest BCUT2D eigenvalue weighted by molar-refractivity contribution is 5.39. The number of rotatable bonds is 9. The van der Waals surface area contributed by atoms with Crippen molar-refractivity contribution in [3.8, 4) is 0 Å². The number of hydrogen-bond donors (Lipinski definition) is 6. The van der Waals surface area contributed by atoms with Gasteiger partial charge in [0.25, 0.3) is 0 Å². The minimum absolute atomic E-state index is 0.0670. The van der Waals surface area contributed by atoms with Crippen molar-refractivity contribution < 1.29 is 40.1 Å². The van der Waals surface area contributed by atoms with E-state index in [0.717, 1.165) is 50.5 Å². The number of fused-ring (bicyclic) bond motifs is 4. The molecule has 1 aliphatic heterocycles. The fraction of sp³-hybridized carbons (Fsp3) is 0.892. The number of aliphatic hydroxyl groups excluding tert-OH is 5. The summed E-state index contributed by atoms with van der Waals surface area (Å²) < 4.78 is 12.1. The number of aliphatic hydroxyl groups is 6. The molecular formula is C37H62O8. The fourth-order valence-electron chi connectivity index (χ4n) is 11.1. The molecule has 8 heteroatoms. The lowest BCUT2D eigenvalue weighted by Gasteiger charge is -2.63. The van der Waals surface area contributed by atoms with E-state index in [2.05, 4.69) is 41.2 Å². The monoisotopic (exact) mass is 634 g/mol. The molecule has 5 aliphatic rings. The van der Waals surface area contributed by atoms with E-state index in [-0.39, 0.29) is 28.8 Å². The van der Waals surface area contributed by atoms with Crippen LogP contribution in [0.3, 0.4) is 0 Å². The van der Waals surface area contributed by atoms with Gasteiger partial charge < -0.3 is 40.1 Å². The maximum atomic E-state index is 11.0. The van der Waals surface area contributed by atoms with Crippen molar-refractivity contribution in [3.05, 3.63) is 23.3 Å². The summed E-state index contributed by atoms with van der Waals surface area (Å²) in [5.41, 5.74) is 3.04. The van der Waals surface area contributed by atoms with Crippen LogP contribution < -0.4 is 0 Å². The Labute approximate surface area is 270 Å². The lowest BCUT2D eigenvalue weighted by Crippen LogP contribution is -2.62. The van der Waals surface area contributed by atoms with Crippen LogP contribution in [0.15, 0.2) is 23.3 Å². The van der Waals surface area contributed by atoms with E-state index < -0.39 is 54.4 Å². The fourth-order valence-corrected chi connectivity index (χ4v) is 11.1. The van der Waals surface area contributed by atoms with Gasteiger partial charge in [-0.1, -0.05) is 52.3 Å². The van der Waals surface area contributed by atoms with E-state index in [9.17, 15) is 30.6 Å². The minimum Gasteiger partial charge on any atom is -0.396 e. The topological polar surface area (TPSA) is 140 Å². The van der Waals surface area contributed by atoms with Gasteiger partial charge in [0.05, 0.1) is 24.9 Å². The molecule has 5 rings (SSSR count). The first-order valence-electron chi connectivity index (χ1n) is 17.6. The van der Waals surface area contributed by atoms with Gasteiger partial charge in [-0.3, -0.25) is 0 Å². The molecule has 0 amide bonds. The summed E-state index contributed by atoms with van der Waals surface area (Å²) >= 11 is 0. The van der Waals surface area contributed by atoms with Gasteiger partial charge in [0, 0.05) is 5.41 Å². The smallest absolute Gasteiger partial charge is 0.186 e. The Morgan fingerprint density at radius 3 is 2.27 bits per heavy atom. The molecule has 1 saturated heterocycles. The molecule has 2 saturated carbocycles. The highest BCUT2D eigenvalue weighted by Gasteiger charge is 2.64. The Bertz CT molecular complexity index is 1140. The van der Waals surface area contributed by atoms with Crippen LogP contribution in [0.2, 0.25) is 0 Å². The summed E-state index contributed by atoms with van der Waals surface area (Å²) in [6, 6.07) is 0. The Balaban J connectivity index is 1.37. The SMILES string of the molecule is C=C(CC[C@@H](C)[C@H]1CC[C@@]2(C)C3=C(CC[C@]12C)[C@]1(C)CC[C@H](O[C@@H]2O[C@H](CO)[C@@H](O)[C@H](O)[C@H]2O)[C@@](C)(CO)[C@@H]1CC3)C(C)(C)O. The summed E-state index contributed by atoms with van der Waals surface area (Å²) in [4.78, 5) is 0. The number of allylic oxidation sites excluding steroid dienone is 2. The van der Waals surface area contributed by atoms with E-state index in [0.29, 0.717) is 18.3 Å². The van der Waals surface area contributed by atoms with Crippen LogP contribution in [0.5, 0.6) is 0 Å². The molecule has 1 heterocycles. The van der Waals surface area contributed by atoms with Gasteiger partial charge >= 0.3 is 0 Å². The molecule has 6 N–H and O–H groups in total. The van der Waals surface area contributed by atoms with Crippen LogP contribution in [0, 0.1) is 39.4 Å². The number of hydrogen-bond acceptors (Lipinski definition) is 8. The molecule has 13 atom stereocenters. The summed E-state index contributed by atoms with van der Waals surface area (Å²) in [6.45, 7) is 19.3. The van der Waals surface area contributed by atoms with Crippen LogP contribution in [0.1, 0.15) is 113 Å². The van der Waals surface area contributed by atoms with Gasteiger partial charge in [-0.15, -0.1) is 0 Å². The summed E-state index contributed by atoms with van der Waals surface area (Å²) in [5, 5.41) is 62.4. The van der Waals surface area contributed by atoms with Crippen molar-refractivity contribution in [1.82, 2.24) is 0 Å². The first-order chi connectivity index (χ1) is 20.9. The Morgan fingerprint density at radius 2 is 1.64 bits per heavy atom. The van der Waals surface area contributed by atoms with Gasteiger partial charge in [-0.25, -0.2) is 0 Å². The molecule has 258 valence electrons. The van der Waals surface area contributed by atoms with E-state index in [1.54, 1.807) is 11.1 Å². The van der Waals surface area contributed by atoms with E-state index >= 15 is 0 Å². The summed E-state index contributed by atoms with van der Waals surface area (Å²) in [6.07, 6.45) is 3.09. The predicted octanol–water partition coefficient (Wildman–Crippen LogP) is 4.64. The maximum Gasteiger partial charge on any atom is 0.186 e. The van der Waals surface area contributed by atoms with Crippen LogP contribution in [-0.2, 0) is 9.47 Å². The van der Waals surface area contributed by atoms with Gasteiger partial charge in [0.15, 0.2) is 6.29 Å². The summed E-state index contributed by atoms with van der Waals surface area (Å²) in [5.74, 6) is 1.36. The molecule has 8 nitrogen and oxygen atoms in total. The van der Waals surface area contributed by atoms with Crippen LogP contribution in [-0.4, -0.2) is 86.3 Å². The molecule has 0 bridgehead atoms. The quantitative estimate of drug-likeness (QED) is 0.202. The molecule has 0 radical (unpaired) electrons. The van der Waals surface area contributed by atoms with E-state index in [4.69, 9.17) is 9.47 Å².